The summed E-state index contributed by atoms with van der Waals surface area (Å²) < 4.78 is 54.3. The zero-order valence-electron chi connectivity index (χ0n) is 23.8. The molecule has 0 fully saturated rings. The van der Waals surface area contributed by atoms with Crippen LogP contribution >= 0.6 is 15.9 Å². The van der Waals surface area contributed by atoms with Gasteiger partial charge in [0.25, 0.3) is 0 Å². The van der Waals surface area contributed by atoms with Gasteiger partial charge < -0.3 is 14.0 Å². The zero-order chi connectivity index (χ0) is 30.7. The van der Waals surface area contributed by atoms with Gasteiger partial charge in [-0.1, -0.05) is 39.3 Å². The van der Waals surface area contributed by atoms with Gasteiger partial charge in [-0.2, -0.15) is 12.7 Å². The molecule has 1 aromatic heterocycles. The van der Waals surface area contributed by atoms with Crippen molar-refractivity contribution in [2.45, 2.75) is 58.7 Å². The molecule has 1 N–H and O–H groups in total. The quantitative estimate of drug-likeness (QED) is 0.126. The number of rotatable bonds is 11. The van der Waals surface area contributed by atoms with Crippen LogP contribution in [0.5, 0.6) is 11.5 Å². The maximum atomic E-state index is 15.2. The summed E-state index contributed by atoms with van der Waals surface area (Å²) in [5.74, 6) is -1.46. The van der Waals surface area contributed by atoms with E-state index in [1.807, 2.05) is 23.7 Å². The molecule has 228 valence electrons. The number of aryl methyl sites for hydroxylation is 2. The molecule has 4 aromatic rings. The first-order valence-electron chi connectivity index (χ1n) is 13.9. The second-order valence-corrected chi connectivity index (χ2v) is 12.7. The lowest BCUT2D eigenvalue weighted by Gasteiger charge is -2.28. The highest BCUT2D eigenvalue weighted by Gasteiger charge is 2.33. The molecule has 3 aromatic carbocycles. The normalized spacial score (nSPS) is 15.2. The van der Waals surface area contributed by atoms with E-state index in [0.717, 1.165) is 45.7 Å². The van der Waals surface area contributed by atoms with Crippen LogP contribution in [-0.2, 0) is 39.5 Å². The fourth-order valence-corrected chi connectivity index (χ4v) is 6.82. The van der Waals surface area contributed by atoms with Crippen molar-refractivity contribution < 1.29 is 31.6 Å². The Labute approximate surface area is 257 Å². The van der Waals surface area contributed by atoms with Crippen LogP contribution < -0.4 is 4.18 Å². The SMILES string of the molecule is CCOC(=O)CC(c1ccc(F)c(CN2Cc3cc(O)ccc3OS2(=O)=O)c1)c1ccc2c(nnn2CCCCBr)c1C. The van der Waals surface area contributed by atoms with Crippen LogP contribution in [-0.4, -0.2) is 50.7 Å². The number of nitrogens with zero attached hydrogens (tertiary/aromatic N) is 4. The molecule has 0 saturated heterocycles. The molecule has 1 unspecified atom stereocenters. The molecule has 43 heavy (non-hydrogen) atoms. The highest BCUT2D eigenvalue weighted by molar-refractivity contribution is 9.09. The van der Waals surface area contributed by atoms with Gasteiger partial charge in [0, 0.05) is 42.0 Å². The van der Waals surface area contributed by atoms with E-state index in [4.69, 9.17) is 8.92 Å². The standard InChI is InChI=1S/C30H32BrFN4O6S/c1-3-41-29(38)16-25(24-8-10-27-30(19(24)2)33-34-36(27)13-5-4-12-31)20-6-9-26(32)21(14-20)17-35-18-22-15-23(37)7-11-28(22)42-43(35,39)40/h6-11,14-15,25,37H,3-5,12-13,16-18H2,1-2H3. The Balaban J connectivity index is 1.50. The Bertz CT molecular complexity index is 1760. The molecule has 5 rings (SSSR count). The predicted molar refractivity (Wildman–Crippen MR) is 162 cm³/mol. The number of halogens is 2. The van der Waals surface area contributed by atoms with Gasteiger partial charge in [0.05, 0.1) is 18.5 Å². The second kappa shape index (κ2) is 13.0. The van der Waals surface area contributed by atoms with E-state index in [9.17, 15) is 18.3 Å². The molecule has 0 bridgehead atoms. The van der Waals surface area contributed by atoms with Gasteiger partial charge in [0.15, 0.2) is 0 Å². The average molecular weight is 676 g/mol. The first-order valence-corrected chi connectivity index (χ1v) is 16.4. The Morgan fingerprint density at radius 2 is 2.00 bits per heavy atom. The van der Waals surface area contributed by atoms with Crippen LogP contribution in [0.2, 0.25) is 0 Å². The van der Waals surface area contributed by atoms with Crippen LogP contribution in [0.1, 0.15) is 59.9 Å². The molecule has 0 aliphatic carbocycles. The fourth-order valence-electron chi connectivity index (χ4n) is 5.34. The lowest BCUT2D eigenvalue weighted by Crippen LogP contribution is -2.37. The number of carbonyl (C=O) groups is 1. The van der Waals surface area contributed by atoms with Crippen LogP contribution in [0, 0.1) is 12.7 Å². The van der Waals surface area contributed by atoms with Crippen molar-refractivity contribution in [3.63, 3.8) is 0 Å². The predicted octanol–water partition coefficient (Wildman–Crippen LogP) is 5.48. The van der Waals surface area contributed by atoms with Gasteiger partial charge in [-0.05, 0) is 73.7 Å². The van der Waals surface area contributed by atoms with Crippen molar-refractivity contribution in [2.75, 3.05) is 11.9 Å². The highest BCUT2D eigenvalue weighted by Crippen LogP contribution is 2.36. The first-order chi connectivity index (χ1) is 20.6. The molecule has 10 nitrogen and oxygen atoms in total. The monoisotopic (exact) mass is 674 g/mol. The Hall–Kier alpha value is -3.55. The van der Waals surface area contributed by atoms with Crippen LogP contribution in [0.3, 0.4) is 0 Å². The summed E-state index contributed by atoms with van der Waals surface area (Å²) in [4.78, 5) is 12.8. The minimum atomic E-state index is -4.22. The number of ether oxygens (including phenoxy) is 1. The number of alkyl halides is 1. The molecule has 2 heterocycles. The number of aromatic nitrogens is 3. The van der Waals surface area contributed by atoms with Gasteiger partial charge in [0.2, 0.25) is 0 Å². The molecule has 0 spiro atoms. The number of hydrogen-bond donors (Lipinski definition) is 1. The van der Waals surface area contributed by atoms with Gasteiger partial charge in [-0.3, -0.25) is 4.79 Å². The number of esters is 1. The van der Waals surface area contributed by atoms with Crippen molar-refractivity contribution in [1.29, 1.82) is 0 Å². The van der Waals surface area contributed by atoms with E-state index in [1.165, 1.54) is 24.3 Å². The van der Waals surface area contributed by atoms with E-state index < -0.39 is 28.0 Å². The zero-order valence-corrected chi connectivity index (χ0v) is 26.2. The molecular weight excluding hydrogens is 643 g/mol. The lowest BCUT2D eigenvalue weighted by molar-refractivity contribution is -0.143. The number of carbonyl (C=O) groups excluding carboxylic acids is 1. The topological polar surface area (TPSA) is 124 Å². The third-order valence-corrected chi connectivity index (χ3v) is 9.35. The number of unbranched alkanes of at least 4 members (excludes halogenated alkanes) is 1. The fraction of sp³-hybridized carbons (Fsp3) is 0.367. The lowest BCUT2D eigenvalue weighted by atomic mass is 9.85. The average Bonchev–Trinajstić information content (AvgIpc) is 3.38. The van der Waals surface area contributed by atoms with E-state index in [1.54, 1.807) is 19.1 Å². The number of phenolic OH excluding ortho intramolecular Hbond substituents is 1. The number of fused-ring (bicyclic) bond motifs is 2. The van der Waals surface area contributed by atoms with Crippen molar-refractivity contribution in [2.24, 2.45) is 0 Å². The number of aromatic hydroxyl groups is 1. The van der Waals surface area contributed by atoms with Crippen molar-refractivity contribution in [3.05, 3.63) is 82.2 Å². The van der Waals surface area contributed by atoms with E-state index in [0.29, 0.717) is 16.6 Å². The summed E-state index contributed by atoms with van der Waals surface area (Å²) in [6.45, 7) is 4.16. The Morgan fingerprint density at radius 3 is 2.77 bits per heavy atom. The summed E-state index contributed by atoms with van der Waals surface area (Å²) >= 11 is 3.45. The van der Waals surface area contributed by atoms with Gasteiger partial charge in [-0.25, -0.2) is 9.07 Å². The number of benzene rings is 3. The maximum Gasteiger partial charge on any atom is 0.385 e. The summed E-state index contributed by atoms with van der Waals surface area (Å²) in [6.07, 6.45) is 1.94. The van der Waals surface area contributed by atoms with E-state index >= 15 is 4.39 Å². The Kier molecular flexibility index (Phi) is 9.33. The molecular formula is C30H32BrFN4O6S. The summed E-state index contributed by atoms with van der Waals surface area (Å²) in [6, 6.07) is 12.4. The van der Waals surface area contributed by atoms with Gasteiger partial charge in [-0.15, -0.1) is 5.10 Å². The summed E-state index contributed by atoms with van der Waals surface area (Å²) in [5.41, 5.74) is 4.43. The minimum absolute atomic E-state index is 0.0115. The summed E-state index contributed by atoms with van der Waals surface area (Å²) in [5, 5.41) is 19.5. The van der Waals surface area contributed by atoms with E-state index in [2.05, 4.69) is 26.2 Å². The molecule has 1 atom stereocenters. The van der Waals surface area contributed by atoms with Crippen molar-refractivity contribution in [1.82, 2.24) is 19.3 Å². The highest BCUT2D eigenvalue weighted by atomic mass is 79.9. The summed E-state index contributed by atoms with van der Waals surface area (Å²) in [7, 11) is -4.22. The molecule has 1 aliphatic rings. The van der Waals surface area contributed by atoms with Crippen molar-refractivity contribution >= 4 is 43.2 Å². The molecule has 13 heteroatoms. The maximum absolute atomic E-state index is 15.2. The van der Waals surface area contributed by atoms with Gasteiger partial charge >= 0.3 is 16.3 Å². The smallest absolute Gasteiger partial charge is 0.385 e. The number of hydrogen-bond acceptors (Lipinski definition) is 8. The Morgan fingerprint density at radius 1 is 1.19 bits per heavy atom. The van der Waals surface area contributed by atoms with Crippen LogP contribution in [0.25, 0.3) is 11.0 Å². The minimum Gasteiger partial charge on any atom is -0.508 e. The molecule has 0 saturated carbocycles. The van der Waals surface area contributed by atoms with E-state index in [-0.39, 0.29) is 43.2 Å². The largest absolute Gasteiger partial charge is 0.508 e. The molecule has 0 radical (unpaired) electrons. The number of phenols is 1. The third kappa shape index (κ3) is 6.68. The van der Waals surface area contributed by atoms with Crippen molar-refractivity contribution in [3.8, 4) is 11.5 Å². The molecule has 0 amide bonds. The third-order valence-electron chi connectivity index (χ3n) is 7.51. The second-order valence-electron chi connectivity index (χ2n) is 10.4. The van der Waals surface area contributed by atoms with Gasteiger partial charge in [0.1, 0.15) is 22.8 Å². The van der Waals surface area contributed by atoms with Crippen LogP contribution in [0.15, 0.2) is 48.5 Å². The first kappa shape index (κ1) is 30.9. The molecule has 1 aliphatic heterocycles. The van der Waals surface area contributed by atoms with Crippen LogP contribution in [0.4, 0.5) is 4.39 Å².